The van der Waals surface area contributed by atoms with Crippen LogP contribution in [0.4, 0.5) is 5.69 Å². The lowest BCUT2D eigenvalue weighted by atomic mass is 10.1. The first-order chi connectivity index (χ1) is 8.56. The Labute approximate surface area is 115 Å². The summed E-state index contributed by atoms with van der Waals surface area (Å²) >= 11 is 3.31. The monoisotopic (exact) mass is 310 g/mol. The van der Waals surface area contributed by atoms with Gasteiger partial charge in [-0.3, -0.25) is 4.79 Å². The average Bonchev–Trinajstić information content (AvgIpc) is 2.29. The van der Waals surface area contributed by atoms with Crippen molar-refractivity contribution in [3.05, 3.63) is 28.2 Å². The molecule has 1 rings (SSSR count). The molecule has 0 aromatic heterocycles. The number of rotatable bonds is 5. The van der Waals surface area contributed by atoms with E-state index in [9.17, 15) is 4.79 Å². The molecule has 0 bridgehead atoms. The Balaban J connectivity index is 2.70. The normalized spacial score (nSPS) is 11.7. The topological polar surface area (TPSA) is 62.1 Å². The number of halogens is 1. The molecule has 1 aromatic carbocycles. The fourth-order valence-corrected chi connectivity index (χ4v) is 1.94. The van der Waals surface area contributed by atoms with Crippen LogP contribution in [0.2, 0.25) is 0 Å². The van der Waals surface area contributed by atoms with Gasteiger partial charge in [0.2, 0.25) is 5.91 Å². The fraction of sp³-hybridized carbons (Fsp3) is 0.385. The highest BCUT2D eigenvalue weighted by Gasteiger charge is 2.11. The van der Waals surface area contributed by atoms with Gasteiger partial charge in [-0.05, 0) is 24.1 Å². The van der Waals surface area contributed by atoms with Crippen molar-refractivity contribution >= 4 is 27.5 Å². The highest BCUT2D eigenvalue weighted by molar-refractivity contribution is 9.10. The molecule has 0 aliphatic carbocycles. The minimum absolute atomic E-state index is 0.117. The van der Waals surface area contributed by atoms with Crippen LogP contribution in [0, 0.1) is 17.2 Å². The van der Waals surface area contributed by atoms with E-state index in [-0.39, 0.29) is 11.8 Å². The van der Waals surface area contributed by atoms with E-state index in [2.05, 4.69) is 21.2 Å². The molecule has 0 saturated heterocycles. The highest BCUT2D eigenvalue weighted by Crippen LogP contribution is 2.21. The summed E-state index contributed by atoms with van der Waals surface area (Å²) in [5.74, 6) is 0.0295. The molecule has 0 aliphatic heterocycles. The standard InChI is InChI=1S/C13H15BrN2O2/c1-9(8-18-2)5-13(17)16-12-6-11(14)4-3-10(12)7-15/h3-4,6,9H,5,8H2,1-2H3,(H,16,17). The van der Waals surface area contributed by atoms with Crippen LogP contribution in [0.1, 0.15) is 18.9 Å². The van der Waals surface area contributed by atoms with E-state index in [1.54, 1.807) is 25.3 Å². The van der Waals surface area contributed by atoms with Gasteiger partial charge in [-0.25, -0.2) is 0 Å². The molecular weight excluding hydrogens is 296 g/mol. The predicted octanol–water partition coefficient (Wildman–Crippen LogP) is 2.93. The Morgan fingerprint density at radius 1 is 1.61 bits per heavy atom. The number of carbonyl (C=O) groups excluding carboxylic acids is 1. The molecule has 1 aromatic rings. The van der Waals surface area contributed by atoms with E-state index < -0.39 is 0 Å². The van der Waals surface area contributed by atoms with E-state index in [0.717, 1.165) is 4.47 Å². The summed E-state index contributed by atoms with van der Waals surface area (Å²) in [4.78, 5) is 11.8. The minimum Gasteiger partial charge on any atom is -0.384 e. The molecule has 5 heteroatoms. The van der Waals surface area contributed by atoms with Crippen molar-refractivity contribution in [3.63, 3.8) is 0 Å². The smallest absolute Gasteiger partial charge is 0.224 e. The van der Waals surface area contributed by atoms with Crippen molar-refractivity contribution in [2.24, 2.45) is 5.92 Å². The summed E-state index contributed by atoms with van der Waals surface area (Å²) in [5.41, 5.74) is 0.979. The summed E-state index contributed by atoms with van der Waals surface area (Å²) in [6.07, 6.45) is 0.366. The lowest BCUT2D eigenvalue weighted by Gasteiger charge is -2.11. The maximum absolute atomic E-state index is 11.8. The molecule has 0 spiro atoms. The number of anilines is 1. The zero-order valence-electron chi connectivity index (χ0n) is 10.4. The van der Waals surface area contributed by atoms with Gasteiger partial charge in [-0.15, -0.1) is 0 Å². The molecule has 0 aliphatic rings. The second-order valence-corrected chi connectivity index (χ2v) is 5.03. The lowest BCUT2D eigenvalue weighted by molar-refractivity contribution is -0.117. The molecule has 1 amide bonds. The first-order valence-electron chi connectivity index (χ1n) is 5.55. The van der Waals surface area contributed by atoms with Crippen molar-refractivity contribution in [3.8, 4) is 6.07 Å². The van der Waals surface area contributed by atoms with Gasteiger partial charge in [0.15, 0.2) is 0 Å². The van der Waals surface area contributed by atoms with Gasteiger partial charge in [-0.1, -0.05) is 22.9 Å². The Bertz CT molecular complexity index is 469. The summed E-state index contributed by atoms with van der Waals surface area (Å²) in [6, 6.07) is 7.20. The van der Waals surface area contributed by atoms with Crippen LogP contribution < -0.4 is 5.32 Å². The van der Waals surface area contributed by atoms with Gasteiger partial charge in [0.1, 0.15) is 6.07 Å². The first-order valence-corrected chi connectivity index (χ1v) is 6.34. The SMILES string of the molecule is COCC(C)CC(=O)Nc1cc(Br)ccc1C#N. The van der Waals surface area contributed by atoms with Crippen LogP contribution in [0.5, 0.6) is 0 Å². The number of carbonyl (C=O) groups is 1. The number of hydrogen-bond donors (Lipinski definition) is 1. The van der Waals surface area contributed by atoms with E-state index in [1.165, 1.54) is 0 Å². The second-order valence-electron chi connectivity index (χ2n) is 4.11. The predicted molar refractivity (Wildman–Crippen MR) is 73.1 cm³/mol. The Kier molecular flexibility index (Phi) is 5.83. The summed E-state index contributed by atoms with van der Waals surface area (Å²) in [5, 5.41) is 11.7. The third-order valence-electron chi connectivity index (χ3n) is 2.36. The van der Waals surface area contributed by atoms with E-state index in [4.69, 9.17) is 10.00 Å². The summed E-state index contributed by atoms with van der Waals surface area (Å²) in [6.45, 7) is 2.48. The van der Waals surface area contributed by atoms with Crippen LogP contribution >= 0.6 is 15.9 Å². The van der Waals surface area contributed by atoms with Crippen LogP contribution in [0.15, 0.2) is 22.7 Å². The lowest BCUT2D eigenvalue weighted by Crippen LogP contribution is -2.18. The fourth-order valence-electron chi connectivity index (χ4n) is 1.58. The Hall–Kier alpha value is -1.38. The second kappa shape index (κ2) is 7.14. The maximum atomic E-state index is 11.8. The largest absolute Gasteiger partial charge is 0.384 e. The van der Waals surface area contributed by atoms with E-state index in [0.29, 0.717) is 24.3 Å². The number of hydrogen-bond acceptors (Lipinski definition) is 3. The molecule has 1 unspecified atom stereocenters. The molecule has 1 N–H and O–H groups in total. The van der Waals surface area contributed by atoms with Crippen molar-refractivity contribution in [2.45, 2.75) is 13.3 Å². The Morgan fingerprint density at radius 3 is 2.94 bits per heavy atom. The quantitative estimate of drug-likeness (QED) is 0.909. The molecular formula is C13H15BrN2O2. The molecule has 18 heavy (non-hydrogen) atoms. The van der Waals surface area contributed by atoms with E-state index >= 15 is 0 Å². The van der Waals surface area contributed by atoms with Crippen molar-refractivity contribution in [1.82, 2.24) is 0 Å². The van der Waals surface area contributed by atoms with Crippen LogP contribution in [-0.2, 0) is 9.53 Å². The zero-order chi connectivity index (χ0) is 13.5. The van der Waals surface area contributed by atoms with Gasteiger partial charge in [0.25, 0.3) is 0 Å². The maximum Gasteiger partial charge on any atom is 0.224 e. The van der Waals surface area contributed by atoms with Gasteiger partial charge in [0, 0.05) is 24.6 Å². The van der Waals surface area contributed by atoms with Gasteiger partial charge in [-0.2, -0.15) is 5.26 Å². The van der Waals surface area contributed by atoms with Gasteiger partial charge in [0.05, 0.1) is 11.3 Å². The average molecular weight is 311 g/mol. The first kappa shape index (κ1) is 14.7. The van der Waals surface area contributed by atoms with Crippen molar-refractivity contribution in [1.29, 1.82) is 5.26 Å². The molecule has 1 atom stereocenters. The van der Waals surface area contributed by atoms with Crippen molar-refractivity contribution < 1.29 is 9.53 Å². The van der Waals surface area contributed by atoms with Gasteiger partial charge < -0.3 is 10.1 Å². The van der Waals surface area contributed by atoms with Gasteiger partial charge >= 0.3 is 0 Å². The molecule has 96 valence electrons. The number of methoxy groups -OCH3 is 1. The molecule has 4 nitrogen and oxygen atoms in total. The van der Waals surface area contributed by atoms with Crippen LogP contribution in [0.25, 0.3) is 0 Å². The number of nitriles is 1. The molecule has 0 fully saturated rings. The van der Waals surface area contributed by atoms with Crippen LogP contribution in [0.3, 0.4) is 0 Å². The number of nitrogens with zero attached hydrogens (tertiary/aromatic N) is 1. The number of amides is 1. The number of benzene rings is 1. The molecule has 0 saturated carbocycles. The third kappa shape index (κ3) is 4.47. The minimum atomic E-state index is -0.117. The number of ether oxygens (including phenoxy) is 1. The van der Waals surface area contributed by atoms with Crippen molar-refractivity contribution in [2.75, 3.05) is 19.0 Å². The molecule has 0 heterocycles. The highest BCUT2D eigenvalue weighted by atomic mass is 79.9. The molecule has 0 radical (unpaired) electrons. The zero-order valence-corrected chi connectivity index (χ0v) is 12.0. The van der Waals surface area contributed by atoms with Crippen LogP contribution in [-0.4, -0.2) is 19.6 Å². The van der Waals surface area contributed by atoms with E-state index in [1.807, 2.05) is 13.0 Å². The third-order valence-corrected chi connectivity index (χ3v) is 2.85. The summed E-state index contributed by atoms with van der Waals surface area (Å²) < 4.78 is 5.80. The Morgan fingerprint density at radius 2 is 2.33 bits per heavy atom. The number of nitrogens with one attached hydrogen (secondary N) is 1. The summed E-state index contributed by atoms with van der Waals surface area (Å²) in [7, 11) is 1.61.